The molecule has 0 spiro atoms. The van der Waals surface area contributed by atoms with Crippen LogP contribution in [0.1, 0.15) is 11.1 Å². The largest absolute Gasteiger partial charge is 0.573 e. The van der Waals surface area contributed by atoms with Gasteiger partial charge in [-0.2, -0.15) is 5.10 Å². The highest BCUT2D eigenvalue weighted by molar-refractivity contribution is 5.73. The molecule has 26 heavy (non-hydrogen) atoms. The van der Waals surface area contributed by atoms with Crippen LogP contribution >= 0.6 is 0 Å². The number of rotatable bonds is 3. The Morgan fingerprint density at radius 1 is 1.04 bits per heavy atom. The second-order valence-electron chi connectivity index (χ2n) is 6.17. The van der Waals surface area contributed by atoms with Gasteiger partial charge in [0.05, 0.1) is 11.4 Å². The number of hydrogen-bond acceptors (Lipinski definition) is 3. The SMILES string of the molecule is Cc1ccc(-c2nn(-c3ccc(OC(F)(F)F)cc3)c3c2CCN3)cc1. The minimum Gasteiger partial charge on any atom is -0.406 e. The zero-order valence-electron chi connectivity index (χ0n) is 14.0. The summed E-state index contributed by atoms with van der Waals surface area (Å²) in [5.74, 6) is 0.627. The van der Waals surface area contributed by atoms with Crippen LogP contribution in [0.5, 0.6) is 5.75 Å². The lowest BCUT2D eigenvalue weighted by Gasteiger charge is -2.10. The maximum Gasteiger partial charge on any atom is 0.573 e. The third kappa shape index (κ3) is 3.12. The van der Waals surface area contributed by atoms with E-state index in [4.69, 9.17) is 5.10 Å². The molecular weight excluding hydrogens is 343 g/mol. The number of nitrogens with zero attached hydrogens (tertiary/aromatic N) is 2. The Kier molecular flexibility index (Phi) is 3.86. The van der Waals surface area contributed by atoms with E-state index < -0.39 is 6.36 Å². The zero-order valence-corrected chi connectivity index (χ0v) is 14.0. The van der Waals surface area contributed by atoms with Gasteiger partial charge in [0.1, 0.15) is 11.6 Å². The zero-order chi connectivity index (χ0) is 18.3. The van der Waals surface area contributed by atoms with E-state index in [-0.39, 0.29) is 5.75 Å². The van der Waals surface area contributed by atoms with Gasteiger partial charge >= 0.3 is 6.36 Å². The summed E-state index contributed by atoms with van der Waals surface area (Å²) in [6.45, 7) is 2.83. The number of aryl methyl sites for hydroxylation is 1. The van der Waals surface area contributed by atoms with Crippen molar-refractivity contribution >= 4 is 5.82 Å². The van der Waals surface area contributed by atoms with Crippen LogP contribution in [0.3, 0.4) is 0 Å². The highest BCUT2D eigenvalue weighted by atomic mass is 19.4. The number of hydrogen-bond donors (Lipinski definition) is 1. The number of ether oxygens (including phenoxy) is 1. The van der Waals surface area contributed by atoms with E-state index in [1.165, 1.54) is 17.7 Å². The Morgan fingerprint density at radius 2 is 1.73 bits per heavy atom. The third-order valence-electron chi connectivity index (χ3n) is 4.29. The van der Waals surface area contributed by atoms with Crippen molar-refractivity contribution in [2.75, 3.05) is 11.9 Å². The lowest BCUT2D eigenvalue weighted by atomic mass is 10.1. The second kappa shape index (κ2) is 6.09. The van der Waals surface area contributed by atoms with Crippen molar-refractivity contribution < 1.29 is 17.9 Å². The summed E-state index contributed by atoms with van der Waals surface area (Å²) in [5.41, 5.74) is 4.86. The predicted octanol–water partition coefficient (Wildman–Crippen LogP) is 4.71. The van der Waals surface area contributed by atoms with Gasteiger partial charge in [0.2, 0.25) is 0 Å². The first-order valence-corrected chi connectivity index (χ1v) is 8.20. The van der Waals surface area contributed by atoms with Gasteiger partial charge in [0, 0.05) is 17.7 Å². The minimum atomic E-state index is -4.70. The van der Waals surface area contributed by atoms with E-state index in [2.05, 4.69) is 10.1 Å². The highest BCUT2D eigenvalue weighted by Crippen LogP contribution is 2.35. The standard InChI is InChI=1S/C19H16F3N3O/c1-12-2-4-13(5-3-12)17-16-10-11-23-18(16)25(24-17)14-6-8-15(9-7-14)26-19(20,21)22/h2-9,23H,10-11H2,1H3. The number of aromatic nitrogens is 2. The fourth-order valence-electron chi connectivity index (χ4n) is 3.09. The molecule has 1 N–H and O–H groups in total. The highest BCUT2D eigenvalue weighted by Gasteiger charge is 2.31. The quantitative estimate of drug-likeness (QED) is 0.736. The number of anilines is 1. The molecule has 0 radical (unpaired) electrons. The Hall–Kier alpha value is -2.96. The molecule has 0 fully saturated rings. The van der Waals surface area contributed by atoms with Gasteiger partial charge in [0.25, 0.3) is 0 Å². The number of nitrogens with one attached hydrogen (secondary N) is 1. The summed E-state index contributed by atoms with van der Waals surface area (Å²) >= 11 is 0. The lowest BCUT2D eigenvalue weighted by molar-refractivity contribution is -0.274. The molecule has 2 heterocycles. The van der Waals surface area contributed by atoms with E-state index >= 15 is 0 Å². The smallest absolute Gasteiger partial charge is 0.406 e. The van der Waals surface area contributed by atoms with Gasteiger partial charge in [-0.3, -0.25) is 0 Å². The molecule has 1 aliphatic heterocycles. The predicted molar refractivity (Wildman–Crippen MR) is 92.6 cm³/mol. The Labute approximate surface area is 148 Å². The fourth-order valence-corrected chi connectivity index (χ4v) is 3.09. The van der Waals surface area contributed by atoms with Crippen molar-refractivity contribution in [1.82, 2.24) is 9.78 Å². The molecule has 0 bridgehead atoms. The summed E-state index contributed by atoms with van der Waals surface area (Å²) in [4.78, 5) is 0. The van der Waals surface area contributed by atoms with Crippen LogP contribution in [0, 0.1) is 6.92 Å². The topological polar surface area (TPSA) is 39.1 Å². The first-order valence-electron chi connectivity index (χ1n) is 8.20. The Morgan fingerprint density at radius 3 is 2.38 bits per heavy atom. The third-order valence-corrected chi connectivity index (χ3v) is 4.29. The van der Waals surface area contributed by atoms with Gasteiger partial charge < -0.3 is 10.1 Å². The molecule has 134 valence electrons. The molecule has 1 aliphatic rings. The monoisotopic (exact) mass is 359 g/mol. The van der Waals surface area contributed by atoms with Crippen LogP contribution < -0.4 is 10.1 Å². The molecule has 0 amide bonds. The molecule has 3 aromatic rings. The second-order valence-corrected chi connectivity index (χ2v) is 6.17. The lowest BCUT2D eigenvalue weighted by Crippen LogP contribution is -2.17. The van der Waals surface area contributed by atoms with Crippen LogP contribution in [0.2, 0.25) is 0 Å². The summed E-state index contributed by atoms with van der Waals surface area (Å²) in [5, 5.41) is 8.01. The average molecular weight is 359 g/mol. The van der Waals surface area contributed by atoms with Crippen molar-refractivity contribution in [1.29, 1.82) is 0 Å². The van der Waals surface area contributed by atoms with Crippen molar-refractivity contribution in [2.45, 2.75) is 19.7 Å². The molecule has 0 saturated heterocycles. The average Bonchev–Trinajstić information content (AvgIpc) is 3.18. The molecule has 4 rings (SSSR count). The summed E-state index contributed by atoms with van der Waals surface area (Å²) in [6, 6.07) is 13.8. The fraction of sp³-hybridized carbons (Fsp3) is 0.211. The number of benzene rings is 2. The van der Waals surface area contributed by atoms with E-state index in [1.54, 1.807) is 16.8 Å². The van der Waals surface area contributed by atoms with Crippen molar-refractivity contribution in [2.24, 2.45) is 0 Å². The normalized spacial score (nSPS) is 13.4. The number of alkyl halides is 3. The first-order chi connectivity index (χ1) is 12.4. The number of halogens is 3. The van der Waals surface area contributed by atoms with Crippen LogP contribution in [0.15, 0.2) is 48.5 Å². The van der Waals surface area contributed by atoms with Gasteiger partial charge in [-0.1, -0.05) is 29.8 Å². The molecular formula is C19H16F3N3O. The molecule has 0 unspecified atom stereocenters. The number of fused-ring (bicyclic) bond motifs is 1. The molecule has 4 nitrogen and oxygen atoms in total. The van der Waals surface area contributed by atoms with Crippen molar-refractivity contribution in [3.8, 4) is 22.7 Å². The summed E-state index contributed by atoms with van der Waals surface area (Å²) in [7, 11) is 0. The summed E-state index contributed by atoms with van der Waals surface area (Å²) < 4.78 is 42.6. The molecule has 0 saturated carbocycles. The molecule has 1 aromatic heterocycles. The van der Waals surface area contributed by atoms with Crippen molar-refractivity contribution in [3.63, 3.8) is 0 Å². The Balaban J connectivity index is 1.71. The van der Waals surface area contributed by atoms with E-state index in [9.17, 15) is 13.2 Å². The van der Waals surface area contributed by atoms with E-state index in [1.807, 2.05) is 31.2 Å². The van der Waals surface area contributed by atoms with Gasteiger partial charge in [-0.05, 0) is 37.6 Å². The van der Waals surface area contributed by atoms with Crippen LogP contribution in [-0.2, 0) is 6.42 Å². The molecule has 0 atom stereocenters. The van der Waals surface area contributed by atoms with Crippen LogP contribution in [-0.4, -0.2) is 22.7 Å². The minimum absolute atomic E-state index is 0.253. The van der Waals surface area contributed by atoms with E-state index in [0.29, 0.717) is 5.69 Å². The molecule has 0 aliphatic carbocycles. The van der Waals surface area contributed by atoms with Crippen molar-refractivity contribution in [3.05, 3.63) is 59.7 Å². The van der Waals surface area contributed by atoms with Gasteiger partial charge in [-0.15, -0.1) is 13.2 Å². The molecule has 7 heteroatoms. The van der Waals surface area contributed by atoms with Gasteiger partial charge in [-0.25, -0.2) is 4.68 Å². The van der Waals surface area contributed by atoms with Gasteiger partial charge in [0.15, 0.2) is 0 Å². The van der Waals surface area contributed by atoms with E-state index in [0.717, 1.165) is 35.6 Å². The van der Waals surface area contributed by atoms with Crippen LogP contribution in [0.25, 0.3) is 16.9 Å². The van der Waals surface area contributed by atoms with Crippen LogP contribution in [0.4, 0.5) is 19.0 Å². The maximum absolute atomic E-state index is 12.3. The maximum atomic E-state index is 12.3. The first kappa shape index (κ1) is 16.5. The molecule has 2 aromatic carbocycles. The Bertz CT molecular complexity index is 928. The summed E-state index contributed by atoms with van der Waals surface area (Å²) in [6.07, 6.45) is -3.84.